The Morgan fingerprint density at radius 1 is 1.10 bits per heavy atom. The molecular formula is C18H18O2. The highest BCUT2D eigenvalue weighted by molar-refractivity contribution is 5.83. The summed E-state index contributed by atoms with van der Waals surface area (Å²) in [5, 5.41) is 0. The third kappa shape index (κ3) is 3.15. The summed E-state index contributed by atoms with van der Waals surface area (Å²) in [7, 11) is 0. The largest absolute Gasteiger partial charge is 0.423 e. The van der Waals surface area contributed by atoms with Crippen LogP contribution < -0.4 is 4.74 Å². The van der Waals surface area contributed by atoms with Crippen molar-refractivity contribution in [3.05, 3.63) is 66.7 Å². The summed E-state index contributed by atoms with van der Waals surface area (Å²) in [5.41, 5.74) is 3.64. The van der Waals surface area contributed by atoms with Crippen molar-refractivity contribution in [3.8, 4) is 16.9 Å². The van der Waals surface area contributed by atoms with E-state index in [0.717, 1.165) is 11.6 Å². The number of hydrogen-bond acceptors (Lipinski definition) is 2. The second-order valence-electron chi connectivity index (χ2n) is 4.89. The van der Waals surface area contributed by atoms with Crippen LogP contribution in [0.4, 0.5) is 0 Å². The van der Waals surface area contributed by atoms with Crippen molar-refractivity contribution < 1.29 is 9.53 Å². The van der Waals surface area contributed by atoms with Gasteiger partial charge < -0.3 is 4.74 Å². The molecule has 0 aliphatic rings. The molecule has 2 aromatic rings. The van der Waals surface area contributed by atoms with Crippen LogP contribution in [0.1, 0.15) is 25.3 Å². The highest BCUT2D eigenvalue weighted by atomic mass is 16.5. The van der Waals surface area contributed by atoms with Gasteiger partial charge in [-0.05, 0) is 34.7 Å². The summed E-state index contributed by atoms with van der Waals surface area (Å²) in [5.74, 6) is 0.547. The molecule has 0 fully saturated rings. The van der Waals surface area contributed by atoms with Crippen LogP contribution in [0.5, 0.6) is 5.75 Å². The molecule has 2 heteroatoms. The standard InChI is InChI=1S/C18H18O2/c1-4-18(19)20-15-11-9-14(10-12-15)17-8-6-5-7-16(17)13(2)3/h4-13H,1H2,2-3H3. The highest BCUT2D eigenvalue weighted by Crippen LogP contribution is 2.30. The molecule has 0 N–H and O–H groups in total. The number of rotatable bonds is 4. The summed E-state index contributed by atoms with van der Waals surface area (Å²) in [6.45, 7) is 7.74. The van der Waals surface area contributed by atoms with E-state index in [2.05, 4.69) is 38.6 Å². The third-order valence-electron chi connectivity index (χ3n) is 3.13. The lowest BCUT2D eigenvalue weighted by Crippen LogP contribution is -2.02. The fourth-order valence-corrected chi connectivity index (χ4v) is 2.12. The van der Waals surface area contributed by atoms with E-state index in [1.165, 1.54) is 11.1 Å². The topological polar surface area (TPSA) is 26.3 Å². The van der Waals surface area contributed by atoms with E-state index in [9.17, 15) is 4.79 Å². The SMILES string of the molecule is C=CC(=O)Oc1ccc(-c2ccccc2C(C)C)cc1. The molecule has 0 aliphatic heterocycles. The van der Waals surface area contributed by atoms with Gasteiger partial charge in [0, 0.05) is 6.08 Å². The molecular weight excluding hydrogens is 248 g/mol. The fourth-order valence-electron chi connectivity index (χ4n) is 2.12. The Kier molecular flexibility index (Phi) is 4.36. The molecule has 2 aromatic carbocycles. The number of benzene rings is 2. The Morgan fingerprint density at radius 3 is 2.35 bits per heavy atom. The lowest BCUT2D eigenvalue weighted by atomic mass is 9.93. The van der Waals surface area contributed by atoms with E-state index in [4.69, 9.17) is 4.74 Å². The molecule has 0 unspecified atom stereocenters. The number of ether oxygens (including phenoxy) is 1. The summed E-state index contributed by atoms with van der Waals surface area (Å²) in [4.78, 5) is 11.1. The van der Waals surface area contributed by atoms with E-state index in [1.807, 2.05) is 18.2 Å². The first-order valence-electron chi connectivity index (χ1n) is 6.65. The van der Waals surface area contributed by atoms with Crippen LogP contribution >= 0.6 is 0 Å². The van der Waals surface area contributed by atoms with Crippen LogP contribution in [0.15, 0.2) is 61.2 Å². The molecule has 20 heavy (non-hydrogen) atoms. The average molecular weight is 266 g/mol. The molecule has 0 aromatic heterocycles. The zero-order chi connectivity index (χ0) is 14.5. The first-order valence-corrected chi connectivity index (χ1v) is 6.65. The van der Waals surface area contributed by atoms with Crippen molar-refractivity contribution in [2.24, 2.45) is 0 Å². The van der Waals surface area contributed by atoms with Gasteiger partial charge in [-0.2, -0.15) is 0 Å². The first-order chi connectivity index (χ1) is 9.61. The minimum Gasteiger partial charge on any atom is -0.423 e. The molecule has 0 saturated carbocycles. The van der Waals surface area contributed by atoms with Crippen LogP contribution in [0.25, 0.3) is 11.1 Å². The predicted molar refractivity (Wildman–Crippen MR) is 81.8 cm³/mol. The zero-order valence-corrected chi connectivity index (χ0v) is 11.8. The lowest BCUT2D eigenvalue weighted by Gasteiger charge is -2.13. The van der Waals surface area contributed by atoms with E-state index >= 15 is 0 Å². The molecule has 0 bridgehead atoms. The van der Waals surface area contributed by atoms with Crippen LogP contribution in [0.2, 0.25) is 0 Å². The van der Waals surface area contributed by atoms with Crippen LogP contribution in [0.3, 0.4) is 0 Å². The molecule has 2 nitrogen and oxygen atoms in total. The average Bonchev–Trinajstić information content (AvgIpc) is 2.48. The lowest BCUT2D eigenvalue weighted by molar-refractivity contribution is -0.128. The minimum atomic E-state index is -0.444. The van der Waals surface area contributed by atoms with Crippen molar-refractivity contribution in [1.29, 1.82) is 0 Å². The molecule has 0 heterocycles. The Balaban J connectivity index is 2.31. The molecule has 0 radical (unpaired) electrons. The first kappa shape index (κ1) is 14.1. The van der Waals surface area contributed by atoms with Crippen molar-refractivity contribution in [3.63, 3.8) is 0 Å². The molecule has 0 amide bonds. The number of carbonyl (C=O) groups is 1. The predicted octanol–water partition coefficient (Wildman–Crippen LogP) is 4.57. The van der Waals surface area contributed by atoms with Gasteiger partial charge in [0.05, 0.1) is 0 Å². The van der Waals surface area contributed by atoms with Gasteiger partial charge in [0.2, 0.25) is 0 Å². The van der Waals surface area contributed by atoms with Gasteiger partial charge in [0.25, 0.3) is 0 Å². The number of hydrogen-bond donors (Lipinski definition) is 0. The maximum Gasteiger partial charge on any atom is 0.335 e. The Morgan fingerprint density at radius 2 is 1.75 bits per heavy atom. The van der Waals surface area contributed by atoms with Crippen LogP contribution in [-0.4, -0.2) is 5.97 Å². The molecule has 0 spiro atoms. The highest BCUT2D eigenvalue weighted by Gasteiger charge is 2.08. The van der Waals surface area contributed by atoms with E-state index in [-0.39, 0.29) is 0 Å². The van der Waals surface area contributed by atoms with Gasteiger partial charge in [0.1, 0.15) is 5.75 Å². The van der Waals surface area contributed by atoms with E-state index in [0.29, 0.717) is 11.7 Å². The zero-order valence-electron chi connectivity index (χ0n) is 11.8. The maximum atomic E-state index is 11.1. The summed E-state index contributed by atoms with van der Waals surface area (Å²) >= 11 is 0. The monoisotopic (exact) mass is 266 g/mol. The molecule has 102 valence electrons. The Hall–Kier alpha value is -2.35. The second kappa shape index (κ2) is 6.20. The van der Waals surface area contributed by atoms with Gasteiger partial charge in [-0.3, -0.25) is 0 Å². The number of carbonyl (C=O) groups excluding carboxylic acids is 1. The third-order valence-corrected chi connectivity index (χ3v) is 3.13. The van der Waals surface area contributed by atoms with E-state index < -0.39 is 5.97 Å². The fraction of sp³-hybridized carbons (Fsp3) is 0.167. The molecule has 2 rings (SSSR count). The summed E-state index contributed by atoms with van der Waals surface area (Å²) in [6, 6.07) is 15.9. The van der Waals surface area contributed by atoms with Crippen molar-refractivity contribution >= 4 is 5.97 Å². The van der Waals surface area contributed by atoms with Crippen molar-refractivity contribution in [2.75, 3.05) is 0 Å². The van der Waals surface area contributed by atoms with Gasteiger partial charge in [0.15, 0.2) is 0 Å². The summed E-state index contributed by atoms with van der Waals surface area (Å²) in [6.07, 6.45) is 1.15. The van der Waals surface area contributed by atoms with Crippen molar-refractivity contribution in [2.45, 2.75) is 19.8 Å². The Bertz CT molecular complexity index is 610. The minimum absolute atomic E-state index is 0.444. The molecule has 0 atom stereocenters. The van der Waals surface area contributed by atoms with E-state index in [1.54, 1.807) is 12.1 Å². The maximum absolute atomic E-state index is 11.1. The normalized spacial score (nSPS) is 10.3. The van der Waals surface area contributed by atoms with Gasteiger partial charge in [-0.15, -0.1) is 0 Å². The van der Waals surface area contributed by atoms with Gasteiger partial charge in [-0.25, -0.2) is 4.79 Å². The Labute approximate surface area is 119 Å². The summed E-state index contributed by atoms with van der Waals surface area (Å²) < 4.78 is 5.08. The number of esters is 1. The smallest absolute Gasteiger partial charge is 0.335 e. The second-order valence-corrected chi connectivity index (χ2v) is 4.89. The van der Waals surface area contributed by atoms with Gasteiger partial charge in [-0.1, -0.05) is 56.8 Å². The van der Waals surface area contributed by atoms with Gasteiger partial charge >= 0.3 is 5.97 Å². The quantitative estimate of drug-likeness (QED) is 0.460. The van der Waals surface area contributed by atoms with Crippen molar-refractivity contribution in [1.82, 2.24) is 0 Å². The van der Waals surface area contributed by atoms with Crippen LogP contribution in [0, 0.1) is 0 Å². The molecule has 0 aliphatic carbocycles. The molecule has 0 saturated heterocycles. The van der Waals surface area contributed by atoms with Crippen LogP contribution in [-0.2, 0) is 4.79 Å².